The van der Waals surface area contributed by atoms with Crippen LogP contribution in [0.3, 0.4) is 0 Å². The Hall–Kier alpha value is -1.57. The van der Waals surface area contributed by atoms with Crippen LogP contribution in [0, 0.1) is 11.3 Å². The summed E-state index contributed by atoms with van der Waals surface area (Å²) in [5.41, 5.74) is -1.30. The zero-order chi connectivity index (χ0) is 11.7. The average molecular weight is 214 g/mol. The number of hydrogen-bond donors (Lipinski definition) is 0. The first kappa shape index (κ1) is 11.5. The van der Waals surface area contributed by atoms with Crippen molar-refractivity contribution < 1.29 is 13.2 Å². The lowest BCUT2D eigenvalue weighted by Crippen LogP contribution is -2.15. The molecule has 0 saturated carbocycles. The van der Waals surface area contributed by atoms with Crippen LogP contribution >= 0.6 is 0 Å². The third-order valence-corrected chi connectivity index (χ3v) is 2.06. The van der Waals surface area contributed by atoms with E-state index in [-0.39, 0.29) is 0 Å². The Morgan fingerprint density at radius 3 is 2.20 bits per heavy atom. The highest BCUT2D eigenvalue weighted by Gasteiger charge is 2.32. The Morgan fingerprint density at radius 2 is 1.87 bits per heavy atom. The van der Waals surface area contributed by atoms with Gasteiger partial charge in [0.15, 0.2) is 0 Å². The maximum Gasteiger partial charge on any atom is 0.433 e. The highest BCUT2D eigenvalue weighted by molar-refractivity contribution is 5.29. The predicted octanol–water partition coefficient (Wildman–Crippen LogP) is 2.90. The number of halogens is 3. The lowest BCUT2D eigenvalue weighted by Gasteiger charge is -2.15. The second-order valence-electron chi connectivity index (χ2n) is 3.67. The molecule has 0 amide bonds. The highest BCUT2D eigenvalue weighted by Crippen LogP contribution is 2.29. The van der Waals surface area contributed by atoms with E-state index >= 15 is 0 Å². The number of aromatic nitrogens is 1. The molecule has 1 heterocycles. The zero-order valence-electron chi connectivity index (χ0n) is 8.26. The number of nitriles is 1. The first-order valence-corrected chi connectivity index (χ1v) is 4.22. The van der Waals surface area contributed by atoms with E-state index in [1.807, 2.05) is 6.07 Å². The molecule has 0 aliphatic rings. The number of nitrogens with zero attached hydrogens (tertiary/aromatic N) is 2. The van der Waals surface area contributed by atoms with Crippen LogP contribution in [-0.4, -0.2) is 4.98 Å². The monoisotopic (exact) mass is 214 g/mol. The molecule has 80 valence electrons. The van der Waals surface area contributed by atoms with Gasteiger partial charge in [0, 0.05) is 6.20 Å². The van der Waals surface area contributed by atoms with Crippen molar-refractivity contribution in [1.82, 2.24) is 4.98 Å². The Kier molecular flexibility index (Phi) is 2.71. The number of pyridine rings is 1. The number of hydrogen-bond acceptors (Lipinski definition) is 2. The molecule has 1 aromatic rings. The first-order valence-electron chi connectivity index (χ1n) is 4.22. The summed E-state index contributed by atoms with van der Waals surface area (Å²) >= 11 is 0. The molecular weight excluding hydrogens is 205 g/mol. The van der Waals surface area contributed by atoms with Gasteiger partial charge in [-0.15, -0.1) is 0 Å². The van der Waals surface area contributed by atoms with Crippen LogP contribution in [0.2, 0.25) is 0 Å². The van der Waals surface area contributed by atoms with Gasteiger partial charge < -0.3 is 0 Å². The molecule has 15 heavy (non-hydrogen) atoms. The Balaban J connectivity index is 3.08. The molecule has 0 radical (unpaired) electrons. The van der Waals surface area contributed by atoms with E-state index in [0.29, 0.717) is 5.56 Å². The topological polar surface area (TPSA) is 36.7 Å². The average Bonchev–Trinajstić information content (AvgIpc) is 2.17. The normalized spacial score (nSPS) is 12.3. The molecule has 0 aliphatic heterocycles. The Labute approximate surface area is 85.4 Å². The van der Waals surface area contributed by atoms with Gasteiger partial charge in [-0.25, -0.2) is 0 Å². The van der Waals surface area contributed by atoms with Crippen molar-refractivity contribution >= 4 is 0 Å². The molecule has 0 saturated heterocycles. The molecule has 0 fully saturated rings. The van der Waals surface area contributed by atoms with Crippen molar-refractivity contribution in [2.45, 2.75) is 25.4 Å². The van der Waals surface area contributed by atoms with Crippen molar-refractivity contribution in [3.63, 3.8) is 0 Å². The molecular formula is C10H9F3N2. The number of alkyl halides is 3. The third kappa shape index (κ3) is 2.46. The quantitative estimate of drug-likeness (QED) is 0.720. The van der Waals surface area contributed by atoms with E-state index in [1.165, 1.54) is 6.07 Å². The van der Waals surface area contributed by atoms with Crippen LogP contribution < -0.4 is 0 Å². The van der Waals surface area contributed by atoms with Gasteiger partial charge in [-0.05, 0) is 25.5 Å². The molecule has 0 bridgehead atoms. The smallest absolute Gasteiger partial charge is 0.251 e. The Bertz CT molecular complexity index is 385. The fraction of sp³-hybridized carbons (Fsp3) is 0.400. The molecule has 1 rings (SSSR count). The summed E-state index contributed by atoms with van der Waals surface area (Å²) in [5, 5.41) is 8.78. The van der Waals surface area contributed by atoms with Gasteiger partial charge >= 0.3 is 6.18 Å². The zero-order valence-corrected chi connectivity index (χ0v) is 8.26. The van der Waals surface area contributed by atoms with Gasteiger partial charge in [-0.2, -0.15) is 18.4 Å². The summed E-state index contributed by atoms with van der Waals surface area (Å²) in [7, 11) is 0. The highest BCUT2D eigenvalue weighted by atomic mass is 19.4. The number of rotatable bonds is 1. The lowest BCUT2D eigenvalue weighted by molar-refractivity contribution is -0.141. The second-order valence-corrected chi connectivity index (χ2v) is 3.67. The van der Waals surface area contributed by atoms with Crippen LogP contribution in [0.1, 0.15) is 25.1 Å². The standard InChI is InChI=1S/C10H9F3N2/c1-9(2,6-14)7-3-4-8(15-5-7)10(11,12)13/h3-5H,1-2H3. The molecule has 0 aromatic carbocycles. The fourth-order valence-corrected chi connectivity index (χ4v) is 0.996. The molecule has 0 aliphatic carbocycles. The predicted molar refractivity (Wildman–Crippen MR) is 47.9 cm³/mol. The summed E-state index contributed by atoms with van der Waals surface area (Å²) in [5.74, 6) is 0. The maximum atomic E-state index is 12.2. The van der Waals surface area contributed by atoms with Crippen LogP contribution in [0.5, 0.6) is 0 Å². The molecule has 0 spiro atoms. The second kappa shape index (κ2) is 3.54. The third-order valence-electron chi connectivity index (χ3n) is 2.06. The van der Waals surface area contributed by atoms with Crippen molar-refractivity contribution in [2.24, 2.45) is 0 Å². The van der Waals surface area contributed by atoms with Crippen molar-refractivity contribution in [2.75, 3.05) is 0 Å². The minimum absolute atomic E-state index is 0.470. The van der Waals surface area contributed by atoms with E-state index in [0.717, 1.165) is 12.3 Å². The summed E-state index contributed by atoms with van der Waals surface area (Å²) < 4.78 is 36.5. The first-order chi connectivity index (χ1) is 6.77. The molecule has 5 heteroatoms. The summed E-state index contributed by atoms with van der Waals surface area (Å²) in [4.78, 5) is 3.29. The molecule has 0 unspecified atom stereocenters. The van der Waals surface area contributed by atoms with E-state index in [9.17, 15) is 13.2 Å². The summed E-state index contributed by atoms with van der Waals surface area (Å²) in [6.07, 6.45) is -3.35. The van der Waals surface area contributed by atoms with Gasteiger partial charge in [-0.3, -0.25) is 4.98 Å². The van der Waals surface area contributed by atoms with E-state index in [2.05, 4.69) is 4.98 Å². The Morgan fingerprint density at radius 1 is 1.27 bits per heavy atom. The maximum absolute atomic E-state index is 12.2. The van der Waals surface area contributed by atoms with E-state index in [4.69, 9.17) is 5.26 Å². The van der Waals surface area contributed by atoms with E-state index < -0.39 is 17.3 Å². The lowest BCUT2D eigenvalue weighted by atomic mass is 9.87. The fourth-order valence-electron chi connectivity index (χ4n) is 0.996. The summed E-state index contributed by atoms with van der Waals surface area (Å²) in [6, 6.07) is 4.15. The van der Waals surface area contributed by atoms with Gasteiger partial charge in [0.05, 0.1) is 11.5 Å². The van der Waals surface area contributed by atoms with Crippen LogP contribution in [0.15, 0.2) is 18.3 Å². The van der Waals surface area contributed by atoms with Gasteiger partial charge in [0.2, 0.25) is 0 Å². The van der Waals surface area contributed by atoms with Gasteiger partial charge in [0.1, 0.15) is 5.69 Å². The minimum atomic E-state index is -4.44. The van der Waals surface area contributed by atoms with E-state index in [1.54, 1.807) is 13.8 Å². The molecule has 1 aromatic heterocycles. The van der Waals surface area contributed by atoms with Crippen LogP contribution in [0.25, 0.3) is 0 Å². The molecule has 0 N–H and O–H groups in total. The van der Waals surface area contributed by atoms with Crippen molar-refractivity contribution in [3.05, 3.63) is 29.6 Å². The SMILES string of the molecule is CC(C)(C#N)c1ccc(C(F)(F)F)nc1. The van der Waals surface area contributed by atoms with Gasteiger partial charge in [0.25, 0.3) is 0 Å². The minimum Gasteiger partial charge on any atom is -0.251 e. The summed E-state index contributed by atoms with van der Waals surface area (Å²) in [6.45, 7) is 3.24. The largest absolute Gasteiger partial charge is 0.433 e. The molecule has 2 nitrogen and oxygen atoms in total. The van der Waals surface area contributed by atoms with Crippen LogP contribution in [-0.2, 0) is 11.6 Å². The molecule has 0 atom stereocenters. The van der Waals surface area contributed by atoms with Gasteiger partial charge in [-0.1, -0.05) is 6.07 Å². The van der Waals surface area contributed by atoms with Crippen molar-refractivity contribution in [1.29, 1.82) is 5.26 Å². The van der Waals surface area contributed by atoms with Crippen LogP contribution in [0.4, 0.5) is 13.2 Å². The van der Waals surface area contributed by atoms with Crippen molar-refractivity contribution in [3.8, 4) is 6.07 Å².